The van der Waals surface area contributed by atoms with Crippen molar-refractivity contribution in [1.29, 1.82) is 0 Å². The van der Waals surface area contributed by atoms with E-state index < -0.39 is 0 Å². The second kappa shape index (κ2) is 6.17. The van der Waals surface area contributed by atoms with Crippen molar-refractivity contribution >= 4 is 5.69 Å². The van der Waals surface area contributed by atoms with Gasteiger partial charge in [-0.15, -0.1) is 0 Å². The third-order valence-electron chi connectivity index (χ3n) is 4.80. The lowest BCUT2D eigenvalue weighted by atomic mass is 10.1. The number of likely N-dealkylation sites (N-methyl/N-ethyl adjacent to an activating group) is 1. The topological polar surface area (TPSA) is 15.3 Å². The Bertz CT molecular complexity index is 406. The van der Waals surface area contributed by atoms with E-state index in [1.54, 1.807) is 0 Å². The fourth-order valence-electron chi connectivity index (χ4n) is 3.22. The van der Waals surface area contributed by atoms with Crippen molar-refractivity contribution in [2.24, 2.45) is 11.8 Å². The van der Waals surface area contributed by atoms with Crippen LogP contribution in [0.4, 0.5) is 5.69 Å². The average molecular weight is 272 g/mol. The SMILES string of the molecule is CCN(CCNC(C1CC1)C1CC1)c1ccc(C)cc1. The molecule has 2 nitrogen and oxygen atoms in total. The van der Waals surface area contributed by atoms with Crippen LogP contribution in [0, 0.1) is 18.8 Å². The molecule has 110 valence electrons. The van der Waals surface area contributed by atoms with Crippen LogP contribution in [0.25, 0.3) is 0 Å². The summed E-state index contributed by atoms with van der Waals surface area (Å²) in [6, 6.07) is 9.74. The summed E-state index contributed by atoms with van der Waals surface area (Å²) in [5.41, 5.74) is 2.69. The Kier molecular flexibility index (Phi) is 4.30. The van der Waals surface area contributed by atoms with Gasteiger partial charge in [0.2, 0.25) is 0 Å². The Hall–Kier alpha value is -1.02. The van der Waals surface area contributed by atoms with Gasteiger partial charge in [0.1, 0.15) is 0 Å². The normalized spacial score (nSPS) is 18.6. The minimum absolute atomic E-state index is 0.826. The van der Waals surface area contributed by atoms with Gasteiger partial charge in [0.25, 0.3) is 0 Å². The third kappa shape index (κ3) is 3.54. The van der Waals surface area contributed by atoms with Gasteiger partial charge in [0.15, 0.2) is 0 Å². The third-order valence-corrected chi connectivity index (χ3v) is 4.80. The van der Waals surface area contributed by atoms with Crippen LogP contribution in [-0.4, -0.2) is 25.7 Å². The number of nitrogens with zero attached hydrogens (tertiary/aromatic N) is 1. The lowest BCUT2D eigenvalue weighted by Gasteiger charge is -2.25. The fraction of sp³-hybridized carbons (Fsp3) is 0.667. The van der Waals surface area contributed by atoms with Crippen LogP contribution in [-0.2, 0) is 0 Å². The van der Waals surface area contributed by atoms with E-state index in [-0.39, 0.29) is 0 Å². The molecule has 0 aromatic heterocycles. The number of benzene rings is 1. The Balaban J connectivity index is 1.49. The minimum atomic E-state index is 0.826. The van der Waals surface area contributed by atoms with Gasteiger partial charge in [-0.3, -0.25) is 0 Å². The molecule has 2 fully saturated rings. The molecule has 1 N–H and O–H groups in total. The van der Waals surface area contributed by atoms with E-state index in [2.05, 4.69) is 48.3 Å². The molecule has 0 atom stereocenters. The molecular formula is C18H28N2. The van der Waals surface area contributed by atoms with Crippen molar-refractivity contribution < 1.29 is 0 Å². The summed E-state index contributed by atoms with van der Waals surface area (Å²) < 4.78 is 0. The first-order valence-electron chi connectivity index (χ1n) is 8.33. The fourth-order valence-corrected chi connectivity index (χ4v) is 3.22. The second-order valence-corrected chi connectivity index (χ2v) is 6.57. The zero-order valence-electron chi connectivity index (χ0n) is 12.9. The van der Waals surface area contributed by atoms with Crippen LogP contribution in [0.2, 0.25) is 0 Å². The Morgan fingerprint density at radius 2 is 1.70 bits per heavy atom. The van der Waals surface area contributed by atoms with Crippen LogP contribution >= 0.6 is 0 Å². The van der Waals surface area contributed by atoms with Crippen molar-refractivity contribution in [3.05, 3.63) is 29.8 Å². The highest BCUT2D eigenvalue weighted by atomic mass is 15.1. The summed E-state index contributed by atoms with van der Waals surface area (Å²) in [7, 11) is 0. The van der Waals surface area contributed by atoms with Crippen LogP contribution in [0.3, 0.4) is 0 Å². The van der Waals surface area contributed by atoms with E-state index >= 15 is 0 Å². The Morgan fingerprint density at radius 1 is 1.10 bits per heavy atom. The van der Waals surface area contributed by atoms with E-state index in [1.165, 1.54) is 36.9 Å². The highest BCUT2D eigenvalue weighted by Crippen LogP contribution is 2.44. The summed E-state index contributed by atoms with van der Waals surface area (Å²) in [5, 5.41) is 3.85. The molecule has 2 aliphatic carbocycles. The van der Waals surface area contributed by atoms with Gasteiger partial charge in [0.05, 0.1) is 0 Å². The van der Waals surface area contributed by atoms with Crippen molar-refractivity contribution in [3.8, 4) is 0 Å². The molecule has 0 heterocycles. The van der Waals surface area contributed by atoms with Crippen molar-refractivity contribution in [3.63, 3.8) is 0 Å². The lowest BCUT2D eigenvalue weighted by molar-refractivity contribution is 0.420. The molecule has 1 aromatic carbocycles. The quantitative estimate of drug-likeness (QED) is 0.778. The molecule has 20 heavy (non-hydrogen) atoms. The largest absolute Gasteiger partial charge is 0.371 e. The molecule has 0 aliphatic heterocycles. The standard InChI is InChI=1S/C18H28N2/c1-3-20(17-10-4-14(2)5-11-17)13-12-19-18(15-6-7-15)16-8-9-16/h4-5,10-11,15-16,18-19H,3,6-9,12-13H2,1-2H3. The zero-order chi connectivity index (χ0) is 13.9. The molecule has 0 unspecified atom stereocenters. The van der Waals surface area contributed by atoms with E-state index in [4.69, 9.17) is 0 Å². The first-order chi connectivity index (χ1) is 9.78. The molecule has 0 radical (unpaired) electrons. The molecule has 0 bridgehead atoms. The summed E-state index contributed by atoms with van der Waals surface area (Å²) >= 11 is 0. The smallest absolute Gasteiger partial charge is 0.0366 e. The second-order valence-electron chi connectivity index (χ2n) is 6.57. The lowest BCUT2D eigenvalue weighted by Crippen LogP contribution is -2.39. The first kappa shape index (κ1) is 13.9. The van der Waals surface area contributed by atoms with Gasteiger partial charge in [-0.25, -0.2) is 0 Å². The van der Waals surface area contributed by atoms with Gasteiger partial charge >= 0.3 is 0 Å². The van der Waals surface area contributed by atoms with Crippen LogP contribution in [0.15, 0.2) is 24.3 Å². The van der Waals surface area contributed by atoms with Gasteiger partial charge in [-0.05, 0) is 63.5 Å². The Labute approximate surface area is 123 Å². The maximum Gasteiger partial charge on any atom is 0.0366 e. The molecule has 2 heteroatoms. The van der Waals surface area contributed by atoms with E-state index in [9.17, 15) is 0 Å². The molecule has 3 rings (SSSR count). The number of aryl methyl sites for hydroxylation is 1. The van der Waals surface area contributed by atoms with Crippen LogP contribution in [0.5, 0.6) is 0 Å². The predicted octanol–water partition coefficient (Wildman–Crippen LogP) is 3.60. The van der Waals surface area contributed by atoms with Crippen molar-refractivity contribution in [1.82, 2.24) is 5.32 Å². The number of hydrogen-bond donors (Lipinski definition) is 1. The highest BCUT2D eigenvalue weighted by molar-refractivity contribution is 5.47. The predicted molar refractivity (Wildman–Crippen MR) is 86.3 cm³/mol. The van der Waals surface area contributed by atoms with Crippen molar-refractivity contribution in [2.45, 2.75) is 45.6 Å². The van der Waals surface area contributed by atoms with E-state index in [1.807, 2.05) is 0 Å². The Morgan fingerprint density at radius 3 is 2.20 bits per heavy atom. The molecular weight excluding hydrogens is 244 g/mol. The molecule has 2 saturated carbocycles. The van der Waals surface area contributed by atoms with Gasteiger partial charge < -0.3 is 10.2 Å². The average Bonchev–Trinajstić information content (AvgIpc) is 3.34. The summed E-state index contributed by atoms with van der Waals surface area (Å²) in [6.07, 6.45) is 5.85. The van der Waals surface area contributed by atoms with Crippen LogP contribution in [0.1, 0.15) is 38.2 Å². The highest BCUT2D eigenvalue weighted by Gasteiger charge is 2.40. The summed E-state index contributed by atoms with van der Waals surface area (Å²) in [5.74, 6) is 1.99. The zero-order valence-corrected chi connectivity index (χ0v) is 12.9. The maximum atomic E-state index is 3.85. The van der Waals surface area contributed by atoms with Gasteiger partial charge in [0, 0.05) is 31.4 Å². The van der Waals surface area contributed by atoms with E-state index in [0.29, 0.717) is 0 Å². The van der Waals surface area contributed by atoms with Crippen LogP contribution < -0.4 is 10.2 Å². The molecule has 1 aromatic rings. The molecule has 0 saturated heterocycles. The summed E-state index contributed by atoms with van der Waals surface area (Å²) in [6.45, 7) is 7.73. The van der Waals surface area contributed by atoms with Gasteiger partial charge in [-0.2, -0.15) is 0 Å². The number of hydrogen-bond acceptors (Lipinski definition) is 2. The number of nitrogens with one attached hydrogen (secondary N) is 1. The first-order valence-corrected chi connectivity index (χ1v) is 8.33. The number of anilines is 1. The molecule has 2 aliphatic rings. The van der Waals surface area contributed by atoms with E-state index in [0.717, 1.165) is 37.5 Å². The number of rotatable bonds is 8. The van der Waals surface area contributed by atoms with Crippen molar-refractivity contribution in [2.75, 3.05) is 24.5 Å². The monoisotopic (exact) mass is 272 g/mol. The minimum Gasteiger partial charge on any atom is -0.371 e. The summed E-state index contributed by atoms with van der Waals surface area (Å²) in [4.78, 5) is 2.48. The van der Waals surface area contributed by atoms with Gasteiger partial charge in [-0.1, -0.05) is 17.7 Å². The molecule has 0 spiro atoms. The molecule has 0 amide bonds. The maximum absolute atomic E-state index is 3.85.